The molecule has 0 spiro atoms. The molecule has 29 heavy (non-hydrogen) atoms. The zero-order chi connectivity index (χ0) is 22.8. The largest absolute Gasteiger partial charge is 0.444 e. The van der Waals surface area contributed by atoms with Crippen molar-refractivity contribution in [3.05, 3.63) is 0 Å². The Balaban J connectivity index is 4.16. The summed E-state index contributed by atoms with van der Waals surface area (Å²) < 4.78 is 9.82. The Morgan fingerprint density at radius 2 is 1.55 bits per heavy atom. The van der Waals surface area contributed by atoms with Crippen LogP contribution < -0.4 is 22.1 Å². The maximum atomic E-state index is 11.9. The van der Waals surface area contributed by atoms with E-state index >= 15 is 0 Å². The Morgan fingerprint density at radius 3 is 2.07 bits per heavy atom. The zero-order valence-electron chi connectivity index (χ0n) is 18.2. The van der Waals surface area contributed by atoms with Crippen molar-refractivity contribution in [1.29, 1.82) is 0 Å². The van der Waals surface area contributed by atoms with Crippen molar-refractivity contribution < 1.29 is 28.7 Å². The molecule has 0 saturated heterocycles. The van der Waals surface area contributed by atoms with E-state index in [1.807, 2.05) is 0 Å². The molecule has 6 N–H and O–H groups in total. The van der Waals surface area contributed by atoms with E-state index in [0.29, 0.717) is 19.4 Å². The molecule has 0 unspecified atom stereocenters. The summed E-state index contributed by atoms with van der Waals surface area (Å²) >= 11 is 0. The van der Waals surface area contributed by atoms with E-state index in [9.17, 15) is 19.2 Å². The van der Waals surface area contributed by atoms with Crippen LogP contribution in [0.15, 0.2) is 0 Å². The first-order chi connectivity index (χ1) is 13.2. The maximum absolute atomic E-state index is 11.9. The summed E-state index contributed by atoms with van der Waals surface area (Å²) in [5.74, 6) is -2.37. The van der Waals surface area contributed by atoms with Crippen molar-refractivity contribution >= 4 is 23.9 Å². The van der Waals surface area contributed by atoms with Gasteiger partial charge >= 0.3 is 18.0 Å². The quantitative estimate of drug-likeness (QED) is 0.228. The number of hydrogen-bond donors (Lipinski definition) is 4. The lowest BCUT2D eigenvalue weighted by molar-refractivity contribution is -0.162. The molecule has 10 nitrogen and oxygen atoms in total. The first-order valence-corrected chi connectivity index (χ1v) is 9.78. The number of carbonyl (C=O) groups is 4. The number of ether oxygens (including phenoxy) is 2. The average molecular weight is 417 g/mol. The number of nitrogens with one attached hydrogen (secondary N) is 2. The van der Waals surface area contributed by atoms with Gasteiger partial charge < -0.3 is 31.6 Å². The Hall–Kier alpha value is -2.20. The Bertz CT molecular complexity index is 574. The predicted molar refractivity (Wildman–Crippen MR) is 108 cm³/mol. The van der Waals surface area contributed by atoms with Crippen molar-refractivity contribution in [1.82, 2.24) is 10.6 Å². The van der Waals surface area contributed by atoms with E-state index in [4.69, 9.17) is 20.9 Å². The van der Waals surface area contributed by atoms with Crippen molar-refractivity contribution in [2.24, 2.45) is 17.4 Å². The summed E-state index contributed by atoms with van der Waals surface area (Å²) in [7, 11) is 0. The van der Waals surface area contributed by atoms with E-state index in [0.717, 1.165) is 0 Å². The molecule has 0 fully saturated rings. The van der Waals surface area contributed by atoms with Gasteiger partial charge in [-0.25, -0.2) is 14.4 Å². The summed E-state index contributed by atoms with van der Waals surface area (Å²) in [6, 6.07) is -2.78. The summed E-state index contributed by atoms with van der Waals surface area (Å²) in [5.41, 5.74) is 10.9. The predicted octanol–water partition coefficient (Wildman–Crippen LogP) is 0.567. The Labute approximate surface area is 172 Å². The highest BCUT2D eigenvalue weighted by Gasteiger charge is 2.26. The molecule has 0 rings (SSSR count). The van der Waals surface area contributed by atoms with E-state index in [2.05, 4.69) is 10.6 Å². The topological polar surface area (TPSA) is 163 Å². The van der Waals surface area contributed by atoms with Gasteiger partial charge in [0, 0.05) is 6.54 Å². The molecule has 3 atom stereocenters. The highest BCUT2D eigenvalue weighted by molar-refractivity contribution is 5.93. The third-order valence-corrected chi connectivity index (χ3v) is 3.85. The van der Waals surface area contributed by atoms with E-state index < -0.39 is 47.7 Å². The molecule has 0 bridgehead atoms. The van der Waals surface area contributed by atoms with Crippen molar-refractivity contribution in [2.75, 3.05) is 6.54 Å². The number of unbranched alkanes of at least 4 members (excludes halogenated alkanes) is 1. The number of carbonyl (C=O) groups excluding carboxylic acids is 4. The number of hydrogen-bond acceptors (Lipinski definition) is 8. The fraction of sp³-hybridized carbons (Fsp3) is 0.789. The molecule has 0 aliphatic rings. The number of amides is 2. The lowest BCUT2D eigenvalue weighted by Crippen LogP contribution is -2.50. The normalized spacial score (nSPS) is 14.5. The highest BCUT2D eigenvalue weighted by atomic mass is 16.6. The van der Waals surface area contributed by atoms with Crippen LogP contribution in [-0.2, 0) is 23.9 Å². The summed E-state index contributed by atoms with van der Waals surface area (Å²) in [5, 5.41) is 5.01. The summed E-state index contributed by atoms with van der Waals surface area (Å²) in [6.45, 7) is 10.6. The Kier molecular flexibility index (Phi) is 11.4. The van der Waals surface area contributed by atoms with E-state index in [1.165, 1.54) is 6.92 Å². The van der Waals surface area contributed by atoms with Gasteiger partial charge in [-0.1, -0.05) is 13.8 Å². The molecular weight excluding hydrogens is 380 g/mol. The molecule has 10 heteroatoms. The van der Waals surface area contributed by atoms with Gasteiger partial charge in [-0.2, -0.15) is 0 Å². The first kappa shape index (κ1) is 26.8. The van der Waals surface area contributed by atoms with Gasteiger partial charge in [0.05, 0.1) is 6.04 Å². The van der Waals surface area contributed by atoms with Crippen LogP contribution in [0.2, 0.25) is 0 Å². The highest BCUT2D eigenvalue weighted by Crippen LogP contribution is 2.07. The van der Waals surface area contributed by atoms with Crippen LogP contribution >= 0.6 is 0 Å². The third kappa shape index (κ3) is 12.1. The Morgan fingerprint density at radius 1 is 0.966 bits per heavy atom. The van der Waals surface area contributed by atoms with Crippen LogP contribution in [-0.4, -0.2) is 54.2 Å². The number of rotatable bonds is 10. The molecule has 0 saturated carbocycles. The van der Waals surface area contributed by atoms with Gasteiger partial charge in [0.25, 0.3) is 0 Å². The molecule has 0 aromatic heterocycles. The minimum atomic E-state index is -1.03. The van der Waals surface area contributed by atoms with Crippen LogP contribution in [0.3, 0.4) is 0 Å². The lowest BCUT2D eigenvalue weighted by atomic mass is 10.0. The van der Waals surface area contributed by atoms with Gasteiger partial charge in [0.15, 0.2) is 0 Å². The fourth-order valence-corrected chi connectivity index (χ4v) is 2.05. The van der Waals surface area contributed by atoms with Gasteiger partial charge in [-0.15, -0.1) is 0 Å². The maximum Gasteiger partial charge on any atom is 0.407 e. The molecular formula is C19H36N4O6. The molecule has 0 aliphatic carbocycles. The monoisotopic (exact) mass is 416 g/mol. The smallest absolute Gasteiger partial charge is 0.407 e. The van der Waals surface area contributed by atoms with Crippen LogP contribution in [0.1, 0.15) is 60.8 Å². The summed E-state index contributed by atoms with van der Waals surface area (Å²) in [4.78, 5) is 47.2. The number of esters is 2. The van der Waals surface area contributed by atoms with E-state index in [-0.39, 0.29) is 12.3 Å². The second-order valence-corrected chi connectivity index (χ2v) is 8.27. The van der Waals surface area contributed by atoms with E-state index in [1.54, 1.807) is 34.6 Å². The third-order valence-electron chi connectivity index (χ3n) is 3.85. The van der Waals surface area contributed by atoms with Crippen LogP contribution in [0.25, 0.3) is 0 Å². The van der Waals surface area contributed by atoms with Crippen LogP contribution in [0.4, 0.5) is 4.79 Å². The van der Waals surface area contributed by atoms with Gasteiger partial charge in [-0.3, -0.25) is 4.79 Å². The van der Waals surface area contributed by atoms with Gasteiger partial charge in [0.1, 0.15) is 17.7 Å². The number of nitrogens with two attached hydrogens (primary N) is 2. The minimum absolute atomic E-state index is 0.0990. The second-order valence-electron chi connectivity index (χ2n) is 8.27. The molecule has 0 aliphatic heterocycles. The molecule has 0 aromatic rings. The summed E-state index contributed by atoms with van der Waals surface area (Å²) in [6.07, 6.45) is 0.880. The van der Waals surface area contributed by atoms with Gasteiger partial charge in [-0.05, 0) is 52.9 Å². The molecule has 0 radical (unpaired) electrons. The van der Waals surface area contributed by atoms with Crippen LogP contribution in [0.5, 0.6) is 0 Å². The molecule has 0 heterocycles. The molecule has 0 aromatic carbocycles. The lowest BCUT2D eigenvalue weighted by Gasteiger charge is -2.19. The first-order valence-electron chi connectivity index (χ1n) is 9.78. The van der Waals surface area contributed by atoms with Crippen LogP contribution in [0, 0.1) is 5.92 Å². The SMILES string of the molecule is CC(C)[C@H](N)C(=O)N[C@@H](C)C(=O)OC(=O)[C@@H](N)CCCCNC(=O)OC(C)(C)C. The average Bonchev–Trinajstić information content (AvgIpc) is 2.58. The van der Waals surface area contributed by atoms with Crippen molar-refractivity contribution in [3.63, 3.8) is 0 Å². The standard InChI is InChI=1S/C19H36N4O6/c1-11(2)14(21)15(24)23-12(3)16(25)28-17(26)13(20)9-7-8-10-22-18(27)29-19(4,5)6/h11-14H,7-10,20-21H2,1-6H3,(H,22,27)(H,23,24)/t12-,13-,14-/m0/s1. The minimum Gasteiger partial charge on any atom is -0.444 e. The zero-order valence-corrected chi connectivity index (χ0v) is 18.2. The molecule has 2 amide bonds. The molecule has 168 valence electrons. The van der Waals surface area contributed by atoms with Crippen molar-refractivity contribution in [2.45, 2.75) is 84.5 Å². The number of alkyl carbamates (subject to hydrolysis) is 1. The fourth-order valence-electron chi connectivity index (χ4n) is 2.05. The van der Waals surface area contributed by atoms with Gasteiger partial charge in [0.2, 0.25) is 5.91 Å². The second kappa shape index (κ2) is 12.4. The van der Waals surface area contributed by atoms with Crippen molar-refractivity contribution in [3.8, 4) is 0 Å².